The molecule has 7 heteroatoms. The monoisotopic (exact) mass is 315 g/mol. The van der Waals surface area contributed by atoms with Gasteiger partial charge in [-0.25, -0.2) is 4.39 Å². The average molecular weight is 315 g/mol. The van der Waals surface area contributed by atoms with Gasteiger partial charge in [0.05, 0.1) is 0 Å². The van der Waals surface area contributed by atoms with Crippen LogP contribution >= 0.6 is 0 Å². The summed E-state index contributed by atoms with van der Waals surface area (Å²) in [5, 5.41) is 0. The molecule has 0 saturated heterocycles. The molecule has 0 aliphatic heterocycles. The van der Waals surface area contributed by atoms with Crippen molar-refractivity contribution in [3.8, 4) is 22.6 Å². The van der Waals surface area contributed by atoms with Crippen LogP contribution in [0.15, 0.2) is 42.5 Å². The zero-order valence-electron chi connectivity index (χ0n) is 11.4. The standard InChI is InChI=1S/C15H13F4NO2/c16-13-9-11(4-5-14(13)21-7-6-20)10-2-1-3-12(8-10)22-15(17,18)19/h1-5,8-9H,6-7,20H2. The third-order valence-corrected chi connectivity index (χ3v) is 2.71. The molecule has 2 rings (SSSR count). The number of nitrogens with two attached hydrogens (primary N) is 1. The van der Waals surface area contributed by atoms with E-state index in [1.807, 2.05) is 0 Å². The second kappa shape index (κ2) is 6.65. The molecule has 0 atom stereocenters. The number of rotatable bonds is 5. The predicted octanol–water partition coefficient (Wildman–Crippen LogP) is 3.73. The fourth-order valence-corrected chi connectivity index (χ4v) is 1.84. The summed E-state index contributed by atoms with van der Waals surface area (Å²) in [4.78, 5) is 0. The molecule has 0 unspecified atom stereocenters. The fourth-order valence-electron chi connectivity index (χ4n) is 1.84. The van der Waals surface area contributed by atoms with E-state index in [-0.39, 0.29) is 24.7 Å². The number of alkyl halides is 3. The highest BCUT2D eigenvalue weighted by Gasteiger charge is 2.31. The third-order valence-electron chi connectivity index (χ3n) is 2.71. The quantitative estimate of drug-likeness (QED) is 0.855. The van der Waals surface area contributed by atoms with Crippen molar-refractivity contribution in [3.05, 3.63) is 48.3 Å². The zero-order valence-corrected chi connectivity index (χ0v) is 11.4. The first-order valence-corrected chi connectivity index (χ1v) is 6.37. The Hall–Kier alpha value is -2.28. The smallest absolute Gasteiger partial charge is 0.489 e. The average Bonchev–Trinajstić information content (AvgIpc) is 2.44. The summed E-state index contributed by atoms with van der Waals surface area (Å²) in [5.41, 5.74) is 6.06. The van der Waals surface area contributed by atoms with Crippen molar-refractivity contribution in [1.82, 2.24) is 0 Å². The highest BCUT2D eigenvalue weighted by Crippen LogP contribution is 2.30. The predicted molar refractivity (Wildman–Crippen MR) is 73.1 cm³/mol. The van der Waals surface area contributed by atoms with E-state index < -0.39 is 12.2 Å². The van der Waals surface area contributed by atoms with Crippen LogP contribution in [0.25, 0.3) is 11.1 Å². The first kappa shape index (κ1) is 16.1. The summed E-state index contributed by atoms with van der Waals surface area (Å²) in [6, 6.07) is 9.43. The van der Waals surface area contributed by atoms with E-state index in [1.165, 1.54) is 30.3 Å². The Labute approximate surface area is 124 Å². The Bertz CT molecular complexity index is 644. The molecule has 0 fully saturated rings. The lowest BCUT2D eigenvalue weighted by molar-refractivity contribution is -0.274. The minimum atomic E-state index is -4.77. The molecule has 0 amide bonds. The van der Waals surface area contributed by atoms with Crippen LogP contribution in [0.1, 0.15) is 0 Å². The molecule has 0 aliphatic carbocycles. The van der Waals surface area contributed by atoms with Crippen molar-refractivity contribution >= 4 is 0 Å². The lowest BCUT2D eigenvalue weighted by Gasteiger charge is -2.11. The van der Waals surface area contributed by atoms with Gasteiger partial charge < -0.3 is 15.2 Å². The highest BCUT2D eigenvalue weighted by atomic mass is 19.4. The van der Waals surface area contributed by atoms with Crippen molar-refractivity contribution in [2.45, 2.75) is 6.36 Å². The zero-order chi connectivity index (χ0) is 16.2. The molecule has 2 aromatic carbocycles. The number of ether oxygens (including phenoxy) is 2. The molecule has 0 saturated carbocycles. The Kier molecular flexibility index (Phi) is 4.87. The van der Waals surface area contributed by atoms with Crippen LogP contribution in [0.5, 0.6) is 11.5 Å². The van der Waals surface area contributed by atoms with Crippen molar-refractivity contribution in [3.63, 3.8) is 0 Å². The summed E-state index contributed by atoms with van der Waals surface area (Å²) in [6.45, 7) is 0.420. The van der Waals surface area contributed by atoms with E-state index >= 15 is 0 Å². The second-order valence-corrected chi connectivity index (χ2v) is 4.36. The van der Waals surface area contributed by atoms with Crippen LogP contribution in [0, 0.1) is 5.82 Å². The molecule has 0 spiro atoms. The summed E-state index contributed by atoms with van der Waals surface area (Å²) >= 11 is 0. The van der Waals surface area contributed by atoms with Crippen LogP contribution in [-0.4, -0.2) is 19.5 Å². The van der Waals surface area contributed by atoms with Gasteiger partial charge in [0.15, 0.2) is 11.6 Å². The van der Waals surface area contributed by atoms with Crippen molar-refractivity contribution in [1.29, 1.82) is 0 Å². The van der Waals surface area contributed by atoms with Gasteiger partial charge >= 0.3 is 6.36 Å². The molecular weight excluding hydrogens is 302 g/mol. The highest BCUT2D eigenvalue weighted by molar-refractivity contribution is 5.66. The fraction of sp³-hybridized carbons (Fsp3) is 0.200. The SMILES string of the molecule is NCCOc1ccc(-c2cccc(OC(F)(F)F)c2)cc1F. The van der Waals surface area contributed by atoms with E-state index in [0.717, 1.165) is 0 Å². The van der Waals surface area contributed by atoms with Gasteiger partial charge in [0.1, 0.15) is 12.4 Å². The number of benzene rings is 2. The minimum Gasteiger partial charge on any atom is -0.489 e. The van der Waals surface area contributed by atoms with E-state index in [9.17, 15) is 17.6 Å². The summed E-state index contributed by atoms with van der Waals surface area (Å²) in [6.07, 6.45) is -4.77. The Balaban J connectivity index is 2.24. The van der Waals surface area contributed by atoms with Crippen LogP contribution in [-0.2, 0) is 0 Å². The Morgan fingerprint density at radius 2 is 1.73 bits per heavy atom. The molecule has 0 bridgehead atoms. The van der Waals surface area contributed by atoms with Gasteiger partial charge in [0, 0.05) is 6.54 Å². The maximum atomic E-state index is 13.9. The molecule has 0 heterocycles. The number of hydrogen-bond acceptors (Lipinski definition) is 3. The van der Waals surface area contributed by atoms with Crippen LogP contribution in [0.2, 0.25) is 0 Å². The number of halogens is 4. The van der Waals surface area contributed by atoms with Crippen molar-refractivity contribution < 1.29 is 27.0 Å². The van der Waals surface area contributed by atoms with Gasteiger partial charge in [-0.2, -0.15) is 0 Å². The Morgan fingerprint density at radius 3 is 2.36 bits per heavy atom. The van der Waals surface area contributed by atoms with E-state index in [0.29, 0.717) is 11.1 Å². The molecule has 22 heavy (non-hydrogen) atoms. The normalized spacial score (nSPS) is 11.3. The summed E-state index contributed by atoms with van der Waals surface area (Å²) in [7, 11) is 0. The molecule has 0 aliphatic rings. The van der Waals surface area contributed by atoms with Gasteiger partial charge in [-0.1, -0.05) is 18.2 Å². The largest absolute Gasteiger partial charge is 0.573 e. The number of hydrogen-bond donors (Lipinski definition) is 1. The summed E-state index contributed by atoms with van der Waals surface area (Å²) < 4.78 is 59.4. The Morgan fingerprint density at radius 1 is 1.00 bits per heavy atom. The second-order valence-electron chi connectivity index (χ2n) is 4.36. The topological polar surface area (TPSA) is 44.5 Å². The molecule has 3 nitrogen and oxygen atoms in total. The molecule has 2 N–H and O–H groups in total. The first-order chi connectivity index (χ1) is 10.4. The van der Waals surface area contributed by atoms with Gasteiger partial charge in [-0.05, 0) is 35.4 Å². The lowest BCUT2D eigenvalue weighted by atomic mass is 10.1. The molecule has 0 aromatic heterocycles. The van der Waals surface area contributed by atoms with E-state index in [1.54, 1.807) is 12.1 Å². The maximum Gasteiger partial charge on any atom is 0.573 e. The lowest BCUT2D eigenvalue weighted by Crippen LogP contribution is -2.17. The third kappa shape index (κ3) is 4.36. The van der Waals surface area contributed by atoms with E-state index in [2.05, 4.69) is 4.74 Å². The van der Waals surface area contributed by atoms with Crippen LogP contribution in [0.3, 0.4) is 0 Å². The maximum absolute atomic E-state index is 13.9. The molecule has 118 valence electrons. The van der Waals surface area contributed by atoms with Gasteiger partial charge in [-0.15, -0.1) is 13.2 Å². The van der Waals surface area contributed by atoms with Crippen LogP contribution in [0.4, 0.5) is 17.6 Å². The van der Waals surface area contributed by atoms with Gasteiger partial charge in [0.25, 0.3) is 0 Å². The minimum absolute atomic E-state index is 0.0388. The van der Waals surface area contributed by atoms with Crippen LogP contribution < -0.4 is 15.2 Å². The first-order valence-electron chi connectivity index (χ1n) is 6.37. The van der Waals surface area contributed by atoms with Gasteiger partial charge in [-0.3, -0.25) is 0 Å². The van der Waals surface area contributed by atoms with Crippen molar-refractivity contribution in [2.24, 2.45) is 5.73 Å². The molecule has 0 radical (unpaired) electrons. The van der Waals surface area contributed by atoms with Crippen molar-refractivity contribution in [2.75, 3.05) is 13.2 Å². The van der Waals surface area contributed by atoms with Gasteiger partial charge in [0.2, 0.25) is 0 Å². The molecule has 2 aromatic rings. The molecular formula is C15H13F4NO2. The summed E-state index contributed by atoms with van der Waals surface area (Å²) in [5.74, 6) is -0.946. The van der Waals surface area contributed by atoms with E-state index in [4.69, 9.17) is 10.5 Å².